The molecule has 0 heterocycles. The average Bonchev–Trinajstić information content (AvgIpc) is 2.70. The second-order valence-electron chi connectivity index (χ2n) is 8.44. The maximum atomic E-state index is 5.35. The van der Waals surface area contributed by atoms with Gasteiger partial charge in [-0.1, -0.05) is 142 Å². The molecule has 0 aromatic carbocycles. The van der Waals surface area contributed by atoms with Gasteiger partial charge in [-0.15, -0.1) is 0 Å². The molecular weight excluding hydrogens is 360 g/mol. The highest BCUT2D eigenvalue weighted by molar-refractivity contribution is 7.80. The lowest BCUT2D eigenvalue weighted by Crippen LogP contribution is -2.01. The summed E-state index contributed by atoms with van der Waals surface area (Å²) in [5, 5.41) is 0.752. The van der Waals surface area contributed by atoms with Crippen LogP contribution in [0.1, 0.15) is 142 Å². The quantitative estimate of drug-likeness (QED) is 0.0941. The monoisotopic (exact) mass is 410 g/mol. The van der Waals surface area contributed by atoms with Gasteiger partial charge in [-0.2, -0.15) is 0 Å². The van der Waals surface area contributed by atoms with E-state index < -0.39 is 0 Å². The van der Waals surface area contributed by atoms with Gasteiger partial charge < -0.3 is 4.74 Å². The third kappa shape index (κ3) is 23.7. The van der Waals surface area contributed by atoms with Crippen LogP contribution in [0.2, 0.25) is 0 Å². The van der Waals surface area contributed by atoms with E-state index in [4.69, 9.17) is 17.0 Å². The summed E-state index contributed by atoms with van der Waals surface area (Å²) in [5.74, 6) is 0. The summed E-state index contributed by atoms with van der Waals surface area (Å²) in [7, 11) is 0. The van der Waals surface area contributed by atoms with E-state index in [1.165, 1.54) is 128 Å². The van der Waals surface area contributed by atoms with Crippen LogP contribution in [0.5, 0.6) is 0 Å². The summed E-state index contributed by atoms with van der Waals surface area (Å²) in [5.41, 5.74) is 0. The largest absolute Gasteiger partial charge is 0.483 e. The molecule has 28 heavy (non-hydrogen) atoms. The van der Waals surface area contributed by atoms with E-state index in [-0.39, 0.29) is 0 Å². The zero-order chi connectivity index (χ0) is 20.5. The first kappa shape index (κ1) is 27.6. The Labute approximate surface area is 183 Å². The van der Waals surface area contributed by atoms with Crippen LogP contribution in [0.25, 0.3) is 0 Å². The van der Waals surface area contributed by atoms with Crippen LogP contribution in [0, 0.1) is 0 Å². The SMILES string of the molecule is C=CCOC(=S)CCCCCCCCCCCCCCCCCCCCCC. The van der Waals surface area contributed by atoms with Gasteiger partial charge in [0, 0.05) is 6.42 Å². The van der Waals surface area contributed by atoms with E-state index in [2.05, 4.69) is 13.5 Å². The maximum Gasteiger partial charge on any atom is 0.160 e. The van der Waals surface area contributed by atoms with E-state index in [1.54, 1.807) is 6.08 Å². The predicted molar refractivity (Wildman–Crippen MR) is 131 cm³/mol. The minimum absolute atomic E-state index is 0.554. The van der Waals surface area contributed by atoms with Crippen molar-refractivity contribution in [2.45, 2.75) is 142 Å². The molecule has 0 rings (SSSR count). The van der Waals surface area contributed by atoms with E-state index in [9.17, 15) is 0 Å². The topological polar surface area (TPSA) is 9.23 Å². The first-order valence-electron chi connectivity index (χ1n) is 12.6. The van der Waals surface area contributed by atoms with Gasteiger partial charge in [-0.3, -0.25) is 0 Å². The van der Waals surface area contributed by atoms with Crippen LogP contribution in [-0.4, -0.2) is 11.7 Å². The van der Waals surface area contributed by atoms with E-state index >= 15 is 0 Å². The molecule has 0 amide bonds. The van der Waals surface area contributed by atoms with Crippen molar-refractivity contribution in [3.05, 3.63) is 12.7 Å². The Morgan fingerprint density at radius 1 is 0.607 bits per heavy atom. The van der Waals surface area contributed by atoms with Crippen LogP contribution in [0.3, 0.4) is 0 Å². The molecule has 0 bridgehead atoms. The molecule has 0 saturated carbocycles. The molecule has 0 aliphatic rings. The number of thiocarbonyl (C=S) groups is 1. The van der Waals surface area contributed by atoms with Crippen molar-refractivity contribution in [3.8, 4) is 0 Å². The number of hydrogen-bond acceptors (Lipinski definition) is 2. The number of ether oxygens (including phenoxy) is 1. The molecule has 2 heteroatoms. The number of hydrogen-bond donors (Lipinski definition) is 0. The molecule has 0 saturated heterocycles. The fourth-order valence-corrected chi connectivity index (χ4v) is 3.96. The summed E-state index contributed by atoms with van der Waals surface area (Å²) in [6, 6.07) is 0. The van der Waals surface area contributed by atoms with E-state index in [1.807, 2.05) is 0 Å². The molecule has 0 radical (unpaired) electrons. The van der Waals surface area contributed by atoms with Crippen molar-refractivity contribution in [1.29, 1.82) is 0 Å². The van der Waals surface area contributed by atoms with Crippen molar-refractivity contribution >= 4 is 17.3 Å². The van der Waals surface area contributed by atoms with Crippen molar-refractivity contribution in [2.75, 3.05) is 6.61 Å². The Balaban J connectivity index is 3.05. The summed E-state index contributed by atoms with van der Waals surface area (Å²) in [4.78, 5) is 0. The molecule has 0 aliphatic carbocycles. The fourth-order valence-electron chi connectivity index (χ4n) is 3.75. The molecule has 166 valence electrons. The minimum atomic E-state index is 0.554. The third-order valence-electron chi connectivity index (χ3n) is 5.60. The molecule has 0 aromatic rings. The van der Waals surface area contributed by atoms with Gasteiger partial charge in [0.2, 0.25) is 0 Å². The van der Waals surface area contributed by atoms with Gasteiger partial charge in [0.05, 0.1) is 0 Å². The van der Waals surface area contributed by atoms with Gasteiger partial charge in [0.1, 0.15) is 6.61 Å². The molecule has 0 aromatic heterocycles. The van der Waals surface area contributed by atoms with Gasteiger partial charge >= 0.3 is 0 Å². The number of rotatable bonds is 23. The minimum Gasteiger partial charge on any atom is -0.483 e. The summed E-state index contributed by atoms with van der Waals surface area (Å²) in [6.45, 7) is 6.49. The first-order chi connectivity index (χ1) is 13.8. The standard InChI is InChI=1S/C26H50OS/c1-3-5-6-7-8-9-10-11-12-13-14-15-16-17-18-19-20-21-22-23-24-26(28)27-25-4-2/h4H,2-3,5-25H2,1H3. The first-order valence-corrected chi connectivity index (χ1v) is 13.0. The Kier molecular flexibility index (Phi) is 24.3. The Hall–Kier alpha value is -0.370. The Morgan fingerprint density at radius 2 is 0.929 bits per heavy atom. The molecule has 0 spiro atoms. The smallest absolute Gasteiger partial charge is 0.160 e. The van der Waals surface area contributed by atoms with Gasteiger partial charge in [-0.25, -0.2) is 0 Å². The maximum absolute atomic E-state index is 5.35. The van der Waals surface area contributed by atoms with Gasteiger partial charge in [-0.05, 0) is 18.6 Å². The fraction of sp³-hybridized carbons (Fsp3) is 0.885. The van der Waals surface area contributed by atoms with Gasteiger partial charge in [0.15, 0.2) is 5.05 Å². The van der Waals surface area contributed by atoms with Crippen molar-refractivity contribution in [3.63, 3.8) is 0 Å². The summed E-state index contributed by atoms with van der Waals surface area (Å²) in [6.07, 6.45) is 31.1. The highest BCUT2D eigenvalue weighted by Gasteiger charge is 1.98. The summed E-state index contributed by atoms with van der Waals surface area (Å²) >= 11 is 5.17. The van der Waals surface area contributed by atoms with Crippen LogP contribution in [0.4, 0.5) is 0 Å². The molecule has 0 aliphatic heterocycles. The zero-order valence-corrected chi connectivity index (χ0v) is 20.0. The zero-order valence-electron chi connectivity index (χ0n) is 19.2. The lowest BCUT2D eigenvalue weighted by Gasteiger charge is -2.05. The van der Waals surface area contributed by atoms with Gasteiger partial charge in [0.25, 0.3) is 0 Å². The molecule has 0 atom stereocenters. The van der Waals surface area contributed by atoms with Crippen LogP contribution in [0.15, 0.2) is 12.7 Å². The molecular formula is C26H50OS. The van der Waals surface area contributed by atoms with Crippen molar-refractivity contribution in [1.82, 2.24) is 0 Å². The molecule has 0 unspecified atom stereocenters. The van der Waals surface area contributed by atoms with E-state index in [0.29, 0.717) is 6.61 Å². The lowest BCUT2D eigenvalue weighted by molar-refractivity contribution is 0.348. The Morgan fingerprint density at radius 3 is 1.25 bits per heavy atom. The van der Waals surface area contributed by atoms with Crippen molar-refractivity contribution in [2.24, 2.45) is 0 Å². The normalized spacial score (nSPS) is 10.9. The Bertz CT molecular complexity index is 326. The molecule has 1 nitrogen and oxygen atoms in total. The molecule has 0 N–H and O–H groups in total. The summed E-state index contributed by atoms with van der Waals surface area (Å²) < 4.78 is 5.35. The van der Waals surface area contributed by atoms with E-state index in [0.717, 1.165) is 11.5 Å². The average molecular weight is 411 g/mol. The molecule has 0 fully saturated rings. The highest BCUT2D eigenvalue weighted by Crippen LogP contribution is 2.15. The second kappa shape index (κ2) is 24.7. The second-order valence-corrected chi connectivity index (χ2v) is 8.89. The van der Waals surface area contributed by atoms with Crippen LogP contribution in [-0.2, 0) is 4.74 Å². The van der Waals surface area contributed by atoms with Crippen LogP contribution < -0.4 is 0 Å². The predicted octanol–water partition coefficient (Wildman–Crippen LogP) is 9.73. The van der Waals surface area contributed by atoms with Crippen LogP contribution >= 0.6 is 12.2 Å². The number of unbranched alkanes of at least 4 members (excludes halogenated alkanes) is 19. The third-order valence-corrected chi connectivity index (χ3v) is 5.92. The van der Waals surface area contributed by atoms with Crippen molar-refractivity contribution < 1.29 is 4.74 Å². The highest BCUT2D eigenvalue weighted by atomic mass is 32.1. The lowest BCUT2D eigenvalue weighted by atomic mass is 10.0.